The molecule has 2 bridgehead atoms. The van der Waals surface area contributed by atoms with Gasteiger partial charge in [0.05, 0.1) is 24.2 Å². The number of ether oxygens (including phenoxy) is 1. The molecule has 3 heterocycles. The maximum Gasteiger partial charge on any atom is 0.310 e. The summed E-state index contributed by atoms with van der Waals surface area (Å²) in [5.41, 5.74) is -2.82. The Morgan fingerprint density at radius 3 is 2.42 bits per heavy atom. The molecule has 0 radical (unpaired) electrons. The van der Waals surface area contributed by atoms with Gasteiger partial charge >= 0.3 is 5.97 Å². The number of carbonyl (C=O) groups excluding carboxylic acids is 2. The molecule has 3 rings (SSSR count). The van der Waals surface area contributed by atoms with E-state index >= 15 is 0 Å². The first-order valence-electron chi connectivity index (χ1n) is 12.0. The van der Waals surface area contributed by atoms with Crippen molar-refractivity contribution in [1.82, 2.24) is 9.80 Å². The van der Waals surface area contributed by atoms with E-state index in [1.165, 1.54) is 4.90 Å². The minimum atomic E-state index is -1.24. The summed E-state index contributed by atoms with van der Waals surface area (Å²) in [6, 6.07) is -1.60. The molecule has 8 heteroatoms. The van der Waals surface area contributed by atoms with Crippen LogP contribution in [-0.2, 0) is 19.1 Å². The van der Waals surface area contributed by atoms with Crippen LogP contribution in [0, 0.1) is 23.7 Å². The summed E-state index contributed by atoms with van der Waals surface area (Å²) >= 11 is 0. The Bertz CT molecular complexity index is 835. The Kier molecular flexibility index (Phi) is 6.52. The molecular formula is C25H40N2O6. The minimum Gasteiger partial charge on any atom is -0.481 e. The number of nitrogens with zero attached hydrogens (tertiary/aromatic N) is 2. The number of aliphatic hydroxyl groups is 1. The smallest absolute Gasteiger partial charge is 0.310 e. The van der Waals surface area contributed by atoms with Crippen molar-refractivity contribution in [2.75, 3.05) is 13.2 Å². The first-order valence-corrected chi connectivity index (χ1v) is 12.0. The average Bonchev–Trinajstić information content (AvgIpc) is 3.19. The zero-order valence-corrected chi connectivity index (χ0v) is 21.0. The topological polar surface area (TPSA) is 107 Å². The summed E-state index contributed by atoms with van der Waals surface area (Å²) < 4.78 is 6.53. The fraction of sp³-hybridized carbons (Fsp3) is 0.800. The van der Waals surface area contributed by atoms with Gasteiger partial charge in [0, 0.05) is 12.1 Å². The van der Waals surface area contributed by atoms with Gasteiger partial charge in [0.15, 0.2) is 0 Å². The van der Waals surface area contributed by atoms with Crippen LogP contribution in [0.25, 0.3) is 0 Å². The number of carbonyl (C=O) groups is 3. The van der Waals surface area contributed by atoms with Crippen LogP contribution in [0.5, 0.6) is 0 Å². The molecule has 3 aliphatic rings. The summed E-state index contributed by atoms with van der Waals surface area (Å²) in [6.07, 6.45) is 2.56. The van der Waals surface area contributed by atoms with E-state index < -0.39 is 52.5 Å². The highest BCUT2D eigenvalue weighted by Crippen LogP contribution is 2.65. The predicted octanol–water partition coefficient (Wildman–Crippen LogP) is 2.30. The van der Waals surface area contributed by atoms with Gasteiger partial charge in [-0.25, -0.2) is 0 Å². The van der Waals surface area contributed by atoms with E-state index in [1.807, 2.05) is 41.5 Å². The lowest BCUT2D eigenvalue weighted by Crippen LogP contribution is -2.61. The zero-order chi connectivity index (χ0) is 25.1. The van der Waals surface area contributed by atoms with Gasteiger partial charge in [0.1, 0.15) is 17.6 Å². The number of hydrogen-bond acceptors (Lipinski definition) is 5. The summed E-state index contributed by atoms with van der Waals surface area (Å²) in [6.45, 7) is 17.2. The monoisotopic (exact) mass is 464 g/mol. The number of carboxylic acid groups (broad SMARTS) is 1. The molecule has 2 amide bonds. The lowest BCUT2D eigenvalue weighted by Gasteiger charge is -2.43. The second-order valence-corrected chi connectivity index (χ2v) is 11.7. The van der Waals surface area contributed by atoms with Gasteiger partial charge in [0.25, 0.3) is 0 Å². The number of hydrogen-bond donors (Lipinski definition) is 2. The van der Waals surface area contributed by atoms with Crippen LogP contribution in [-0.4, -0.2) is 79.8 Å². The molecule has 186 valence electrons. The van der Waals surface area contributed by atoms with Crippen LogP contribution in [0.4, 0.5) is 0 Å². The van der Waals surface area contributed by atoms with Crippen LogP contribution in [0.15, 0.2) is 12.7 Å². The van der Waals surface area contributed by atoms with Crippen LogP contribution >= 0.6 is 0 Å². The van der Waals surface area contributed by atoms with Gasteiger partial charge in [-0.15, -0.1) is 6.58 Å². The minimum absolute atomic E-state index is 0.141. The second-order valence-electron chi connectivity index (χ2n) is 11.7. The van der Waals surface area contributed by atoms with Gasteiger partial charge in [-0.1, -0.05) is 26.8 Å². The van der Waals surface area contributed by atoms with Crippen molar-refractivity contribution in [3.63, 3.8) is 0 Å². The van der Waals surface area contributed by atoms with E-state index in [1.54, 1.807) is 17.9 Å². The van der Waals surface area contributed by atoms with E-state index in [0.717, 1.165) is 0 Å². The lowest BCUT2D eigenvalue weighted by atomic mass is 9.62. The quantitative estimate of drug-likeness (QED) is 0.534. The van der Waals surface area contributed by atoms with E-state index in [2.05, 4.69) is 6.58 Å². The molecule has 1 spiro atoms. The maximum atomic E-state index is 14.2. The van der Waals surface area contributed by atoms with Crippen molar-refractivity contribution >= 4 is 17.8 Å². The molecule has 33 heavy (non-hydrogen) atoms. The fourth-order valence-electron chi connectivity index (χ4n) is 6.52. The second kappa shape index (κ2) is 8.38. The Morgan fingerprint density at radius 2 is 1.97 bits per heavy atom. The van der Waals surface area contributed by atoms with Crippen molar-refractivity contribution in [1.29, 1.82) is 0 Å². The van der Waals surface area contributed by atoms with Gasteiger partial charge in [-0.3, -0.25) is 14.4 Å². The maximum absolute atomic E-state index is 14.2. The Hall–Kier alpha value is -1.93. The summed E-state index contributed by atoms with van der Waals surface area (Å²) in [5.74, 6) is -3.75. The van der Waals surface area contributed by atoms with Gasteiger partial charge in [0.2, 0.25) is 11.8 Å². The first kappa shape index (κ1) is 25.7. The van der Waals surface area contributed by atoms with Crippen LogP contribution in [0.3, 0.4) is 0 Å². The highest BCUT2D eigenvalue weighted by Gasteiger charge is 2.80. The average molecular weight is 465 g/mol. The molecule has 3 fully saturated rings. The molecule has 0 aromatic carbocycles. The van der Waals surface area contributed by atoms with Crippen molar-refractivity contribution in [3.8, 4) is 0 Å². The summed E-state index contributed by atoms with van der Waals surface area (Å²) in [7, 11) is 0. The van der Waals surface area contributed by atoms with Gasteiger partial charge < -0.3 is 24.7 Å². The Morgan fingerprint density at radius 1 is 1.36 bits per heavy atom. The van der Waals surface area contributed by atoms with Gasteiger partial charge in [-0.05, 0) is 52.4 Å². The predicted molar refractivity (Wildman–Crippen MR) is 123 cm³/mol. The first-order chi connectivity index (χ1) is 15.2. The highest BCUT2D eigenvalue weighted by atomic mass is 16.5. The number of aliphatic hydroxyl groups excluding tert-OH is 1. The normalized spacial score (nSPS) is 36.3. The lowest BCUT2D eigenvalue weighted by molar-refractivity contribution is -0.162. The fourth-order valence-corrected chi connectivity index (χ4v) is 6.52. The van der Waals surface area contributed by atoms with Crippen LogP contribution in [0.2, 0.25) is 0 Å². The third-order valence-electron chi connectivity index (χ3n) is 7.99. The van der Waals surface area contributed by atoms with E-state index in [0.29, 0.717) is 12.8 Å². The summed E-state index contributed by atoms with van der Waals surface area (Å²) in [4.78, 5) is 43.7. The molecule has 0 aromatic heterocycles. The molecule has 8 nitrogen and oxygen atoms in total. The molecule has 0 saturated carbocycles. The number of amides is 2. The summed E-state index contributed by atoms with van der Waals surface area (Å²) in [5, 5.41) is 20.4. The van der Waals surface area contributed by atoms with Crippen LogP contribution in [0.1, 0.15) is 61.3 Å². The molecule has 7 atom stereocenters. The highest BCUT2D eigenvalue weighted by molar-refractivity contribution is 5.98. The van der Waals surface area contributed by atoms with E-state index in [4.69, 9.17) is 4.74 Å². The van der Waals surface area contributed by atoms with Crippen molar-refractivity contribution < 1.29 is 29.3 Å². The third kappa shape index (κ3) is 3.70. The van der Waals surface area contributed by atoms with Crippen molar-refractivity contribution in [2.24, 2.45) is 23.7 Å². The number of aliphatic carboxylic acids is 1. The number of rotatable bonds is 8. The van der Waals surface area contributed by atoms with Crippen molar-refractivity contribution in [3.05, 3.63) is 12.7 Å². The number of carboxylic acids is 1. The van der Waals surface area contributed by atoms with E-state index in [9.17, 15) is 24.6 Å². The largest absolute Gasteiger partial charge is 0.481 e. The third-order valence-corrected chi connectivity index (χ3v) is 7.99. The van der Waals surface area contributed by atoms with Gasteiger partial charge in [-0.2, -0.15) is 0 Å². The molecule has 3 unspecified atom stereocenters. The van der Waals surface area contributed by atoms with E-state index in [-0.39, 0.29) is 30.9 Å². The molecular weight excluding hydrogens is 424 g/mol. The SMILES string of the molecule is C=CCN(C(=O)C1N([C@@H](CO)CC(C)C)C(=O)[C@@H]2[C@H](C(=O)O)[C@@]3(C)OC12CC3C)C(C)(C)C. The van der Waals surface area contributed by atoms with Crippen molar-refractivity contribution in [2.45, 2.75) is 90.1 Å². The molecule has 2 N–H and O–H groups in total. The van der Waals surface area contributed by atoms with Crippen LogP contribution < -0.4 is 0 Å². The number of likely N-dealkylation sites (tertiary alicyclic amines) is 1. The molecule has 0 aromatic rings. The standard InChI is InChI=1S/C25H40N2O6/c1-9-10-26(23(5,6)7)21(30)19-25-12-15(4)24(8,33-25)18(22(31)32)17(25)20(29)27(19)16(13-28)11-14(2)3/h9,14-19,28H,1,10-13H2,2-8H3,(H,31,32)/t15?,16-,17+,18-,19?,24+,25?/m1/s1. The zero-order valence-electron chi connectivity index (χ0n) is 21.0. The number of fused-ring (bicyclic) bond motifs is 1. The Labute approximate surface area is 196 Å². The molecule has 3 aliphatic heterocycles. The Balaban J connectivity index is 2.21. The molecule has 0 aliphatic carbocycles. The molecule has 3 saturated heterocycles.